The summed E-state index contributed by atoms with van der Waals surface area (Å²) in [4.78, 5) is 0. The van der Waals surface area contributed by atoms with Gasteiger partial charge < -0.3 is 10.5 Å². The molecular weight excluding hydrogens is 290 g/mol. The third kappa shape index (κ3) is 3.99. The molecule has 2 nitrogen and oxygen atoms in total. The molecule has 0 aromatic heterocycles. The van der Waals surface area contributed by atoms with Crippen molar-refractivity contribution < 1.29 is 4.74 Å². The molecule has 18 heavy (non-hydrogen) atoms. The van der Waals surface area contributed by atoms with Gasteiger partial charge in [0.25, 0.3) is 0 Å². The lowest BCUT2D eigenvalue weighted by atomic mass is 9.76. The van der Waals surface area contributed by atoms with Gasteiger partial charge in [-0.15, -0.1) is 0 Å². The van der Waals surface area contributed by atoms with Crippen LogP contribution in [0, 0.1) is 5.92 Å². The Morgan fingerprint density at radius 1 is 1.28 bits per heavy atom. The van der Waals surface area contributed by atoms with Crippen LogP contribution in [0.15, 0.2) is 28.7 Å². The van der Waals surface area contributed by atoms with Crippen molar-refractivity contribution in [1.29, 1.82) is 0 Å². The summed E-state index contributed by atoms with van der Waals surface area (Å²) in [6, 6.07) is 7.96. The van der Waals surface area contributed by atoms with E-state index in [0.717, 1.165) is 35.4 Å². The van der Waals surface area contributed by atoms with Gasteiger partial charge in [0.1, 0.15) is 5.75 Å². The highest BCUT2D eigenvalue weighted by molar-refractivity contribution is 9.10. The zero-order valence-electron chi connectivity index (χ0n) is 11.0. The Balaban J connectivity index is 1.76. The van der Waals surface area contributed by atoms with Crippen molar-refractivity contribution in [2.24, 2.45) is 11.7 Å². The number of hydrogen-bond donors (Lipinski definition) is 1. The van der Waals surface area contributed by atoms with E-state index in [0.29, 0.717) is 6.61 Å². The number of hydrogen-bond acceptors (Lipinski definition) is 2. The standard InChI is InChI=1S/C15H22BrNO/c1-12-6-8-15(17,9-7-12)10-11-18-14-4-2-13(16)3-5-14/h2-5,12H,6-11,17H2,1H3. The van der Waals surface area contributed by atoms with E-state index in [1.807, 2.05) is 24.3 Å². The first-order valence-corrected chi connectivity index (χ1v) is 7.54. The van der Waals surface area contributed by atoms with Gasteiger partial charge in [-0.1, -0.05) is 22.9 Å². The van der Waals surface area contributed by atoms with E-state index in [1.165, 1.54) is 12.8 Å². The molecule has 1 saturated carbocycles. The van der Waals surface area contributed by atoms with Crippen LogP contribution in [0.3, 0.4) is 0 Å². The van der Waals surface area contributed by atoms with Gasteiger partial charge in [-0.2, -0.15) is 0 Å². The smallest absolute Gasteiger partial charge is 0.119 e. The normalized spacial score (nSPS) is 28.1. The second-order valence-corrected chi connectivity index (χ2v) is 6.51. The maximum Gasteiger partial charge on any atom is 0.119 e. The summed E-state index contributed by atoms with van der Waals surface area (Å²) < 4.78 is 6.83. The summed E-state index contributed by atoms with van der Waals surface area (Å²) in [5.41, 5.74) is 6.42. The van der Waals surface area contributed by atoms with Crippen LogP contribution in [0.1, 0.15) is 39.0 Å². The number of benzene rings is 1. The first-order chi connectivity index (χ1) is 8.57. The zero-order chi connectivity index (χ0) is 13.0. The summed E-state index contributed by atoms with van der Waals surface area (Å²) >= 11 is 3.41. The van der Waals surface area contributed by atoms with Gasteiger partial charge in [-0.3, -0.25) is 0 Å². The summed E-state index contributed by atoms with van der Waals surface area (Å²) in [6.45, 7) is 3.03. The first-order valence-electron chi connectivity index (χ1n) is 6.75. The zero-order valence-corrected chi connectivity index (χ0v) is 12.6. The molecule has 0 amide bonds. The van der Waals surface area contributed by atoms with Crippen LogP contribution < -0.4 is 10.5 Å². The van der Waals surface area contributed by atoms with Crippen molar-refractivity contribution >= 4 is 15.9 Å². The van der Waals surface area contributed by atoms with Crippen LogP contribution >= 0.6 is 15.9 Å². The third-order valence-corrected chi connectivity index (χ3v) is 4.48. The molecule has 2 N–H and O–H groups in total. The van der Waals surface area contributed by atoms with Gasteiger partial charge >= 0.3 is 0 Å². The Hall–Kier alpha value is -0.540. The fraction of sp³-hybridized carbons (Fsp3) is 0.600. The van der Waals surface area contributed by atoms with E-state index >= 15 is 0 Å². The largest absolute Gasteiger partial charge is 0.494 e. The molecule has 3 heteroatoms. The molecule has 0 atom stereocenters. The summed E-state index contributed by atoms with van der Waals surface area (Å²) in [7, 11) is 0. The van der Waals surface area contributed by atoms with Gasteiger partial charge in [-0.05, 0) is 62.3 Å². The molecule has 0 unspecified atom stereocenters. The second-order valence-electron chi connectivity index (χ2n) is 5.60. The lowest BCUT2D eigenvalue weighted by Crippen LogP contribution is -2.44. The number of ether oxygens (including phenoxy) is 1. The van der Waals surface area contributed by atoms with Gasteiger partial charge in [-0.25, -0.2) is 0 Å². The molecule has 0 spiro atoms. The van der Waals surface area contributed by atoms with Crippen LogP contribution in [0.25, 0.3) is 0 Å². The average molecular weight is 312 g/mol. The fourth-order valence-electron chi connectivity index (χ4n) is 2.49. The number of nitrogens with two attached hydrogens (primary N) is 1. The Morgan fingerprint density at radius 2 is 1.89 bits per heavy atom. The molecular formula is C15H22BrNO. The second kappa shape index (κ2) is 6.07. The van der Waals surface area contributed by atoms with Crippen molar-refractivity contribution in [1.82, 2.24) is 0 Å². The molecule has 1 aromatic carbocycles. The molecule has 2 rings (SSSR count). The van der Waals surface area contributed by atoms with E-state index in [-0.39, 0.29) is 5.54 Å². The van der Waals surface area contributed by atoms with E-state index in [9.17, 15) is 0 Å². The van der Waals surface area contributed by atoms with Gasteiger partial charge in [0.05, 0.1) is 6.61 Å². The highest BCUT2D eigenvalue weighted by Crippen LogP contribution is 2.32. The van der Waals surface area contributed by atoms with Crippen molar-refractivity contribution in [3.05, 3.63) is 28.7 Å². The lowest BCUT2D eigenvalue weighted by Gasteiger charge is -2.36. The minimum atomic E-state index is 0.00186. The molecule has 0 heterocycles. The molecule has 100 valence electrons. The van der Waals surface area contributed by atoms with Crippen molar-refractivity contribution in [3.8, 4) is 5.75 Å². The fourth-order valence-corrected chi connectivity index (χ4v) is 2.75. The number of rotatable bonds is 4. The summed E-state index contributed by atoms with van der Waals surface area (Å²) in [6.07, 6.45) is 5.75. The van der Waals surface area contributed by atoms with E-state index in [4.69, 9.17) is 10.5 Å². The van der Waals surface area contributed by atoms with Crippen LogP contribution in [-0.2, 0) is 0 Å². The van der Waals surface area contributed by atoms with Gasteiger partial charge in [0.2, 0.25) is 0 Å². The summed E-state index contributed by atoms with van der Waals surface area (Å²) in [5.74, 6) is 1.76. The Morgan fingerprint density at radius 3 is 2.50 bits per heavy atom. The van der Waals surface area contributed by atoms with E-state index < -0.39 is 0 Å². The quantitative estimate of drug-likeness (QED) is 0.907. The van der Waals surface area contributed by atoms with Crippen LogP contribution in [0.4, 0.5) is 0 Å². The predicted octanol–water partition coefficient (Wildman–Crippen LogP) is 4.13. The molecule has 1 aromatic rings. The molecule has 1 aliphatic carbocycles. The molecule has 0 saturated heterocycles. The van der Waals surface area contributed by atoms with Crippen molar-refractivity contribution in [3.63, 3.8) is 0 Å². The third-order valence-electron chi connectivity index (χ3n) is 3.95. The van der Waals surface area contributed by atoms with Gasteiger partial charge in [0, 0.05) is 10.0 Å². The maximum absolute atomic E-state index is 6.42. The van der Waals surface area contributed by atoms with E-state index in [2.05, 4.69) is 22.9 Å². The average Bonchev–Trinajstić information content (AvgIpc) is 2.36. The monoisotopic (exact) mass is 311 g/mol. The van der Waals surface area contributed by atoms with Gasteiger partial charge in [0.15, 0.2) is 0 Å². The van der Waals surface area contributed by atoms with Crippen molar-refractivity contribution in [2.75, 3.05) is 6.61 Å². The number of halogens is 1. The van der Waals surface area contributed by atoms with Crippen LogP contribution in [0.5, 0.6) is 5.75 Å². The highest BCUT2D eigenvalue weighted by Gasteiger charge is 2.29. The minimum Gasteiger partial charge on any atom is -0.494 e. The maximum atomic E-state index is 6.42. The molecule has 0 radical (unpaired) electrons. The highest BCUT2D eigenvalue weighted by atomic mass is 79.9. The van der Waals surface area contributed by atoms with Crippen LogP contribution in [0.2, 0.25) is 0 Å². The Bertz CT molecular complexity index is 369. The Labute approximate surface area is 118 Å². The van der Waals surface area contributed by atoms with Crippen molar-refractivity contribution in [2.45, 2.75) is 44.6 Å². The first kappa shape index (κ1) is 13.9. The summed E-state index contributed by atoms with van der Waals surface area (Å²) in [5, 5.41) is 0. The topological polar surface area (TPSA) is 35.2 Å². The minimum absolute atomic E-state index is 0.00186. The SMILES string of the molecule is CC1CCC(N)(CCOc2ccc(Br)cc2)CC1. The Kier molecular flexibility index (Phi) is 4.68. The molecule has 1 aliphatic rings. The van der Waals surface area contributed by atoms with Crippen LogP contribution in [-0.4, -0.2) is 12.1 Å². The predicted molar refractivity (Wildman–Crippen MR) is 78.8 cm³/mol. The molecule has 0 bridgehead atoms. The molecule has 0 aliphatic heterocycles. The van der Waals surface area contributed by atoms with E-state index in [1.54, 1.807) is 0 Å². The lowest BCUT2D eigenvalue weighted by molar-refractivity contribution is 0.191. The molecule has 1 fully saturated rings.